The molecule has 0 aliphatic rings. The quantitative estimate of drug-likeness (QED) is 0.419. The van der Waals surface area contributed by atoms with Crippen molar-refractivity contribution < 1.29 is 23.8 Å². The van der Waals surface area contributed by atoms with Crippen molar-refractivity contribution in [2.45, 2.75) is 27.7 Å². The van der Waals surface area contributed by atoms with Crippen LogP contribution in [0, 0.1) is 6.92 Å². The van der Waals surface area contributed by atoms with Crippen LogP contribution in [0.15, 0.2) is 28.7 Å². The molecule has 8 nitrogen and oxygen atoms in total. The molecule has 1 aromatic carbocycles. The number of benzene rings is 1. The fourth-order valence-electron chi connectivity index (χ4n) is 2.50. The largest absolute Gasteiger partial charge is 0.490 e. The molecule has 0 spiro atoms. The van der Waals surface area contributed by atoms with Gasteiger partial charge in [0.1, 0.15) is 0 Å². The molecule has 162 valence electrons. The summed E-state index contributed by atoms with van der Waals surface area (Å²) in [6, 6.07) is 5.11. The third-order valence-electron chi connectivity index (χ3n) is 3.85. The number of rotatable bonds is 11. The summed E-state index contributed by atoms with van der Waals surface area (Å²) in [4.78, 5) is 25.5. The number of hydrogen-bond acceptors (Lipinski definition) is 7. The van der Waals surface area contributed by atoms with E-state index >= 15 is 0 Å². The summed E-state index contributed by atoms with van der Waals surface area (Å²) in [5, 5.41) is 8.43. The number of hydrazone groups is 1. The molecule has 0 radical (unpaired) electrons. The van der Waals surface area contributed by atoms with Crippen molar-refractivity contribution in [1.82, 2.24) is 10.7 Å². The van der Waals surface area contributed by atoms with Gasteiger partial charge in [0, 0.05) is 10.4 Å². The molecular formula is C21H27N3O5S. The normalized spacial score (nSPS) is 10.7. The van der Waals surface area contributed by atoms with Crippen LogP contribution >= 0.6 is 11.3 Å². The van der Waals surface area contributed by atoms with Crippen molar-refractivity contribution in [3.63, 3.8) is 0 Å². The third kappa shape index (κ3) is 6.48. The summed E-state index contributed by atoms with van der Waals surface area (Å²) in [5.74, 6) is 0.406. The van der Waals surface area contributed by atoms with Crippen molar-refractivity contribution in [1.29, 1.82) is 0 Å². The molecule has 1 aromatic heterocycles. The number of nitrogens with one attached hydrogen (secondary N) is 2. The molecule has 2 aromatic rings. The lowest BCUT2D eigenvalue weighted by molar-refractivity contribution is -0.120. The number of hydrogen-bond donors (Lipinski definition) is 2. The van der Waals surface area contributed by atoms with Gasteiger partial charge in [-0.2, -0.15) is 5.10 Å². The van der Waals surface area contributed by atoms with Crippen LogP contribution in [0.3, 0.4) is 0 Å². The van der Waals surface area contributed by atoms with E-state index in [4.69, 9.17) is 14.2 Å². The third-order valence-corrected chi connectivity index (χ3v) is 4.81. The Labute approximate surface area is 180 Å². The molecule has 0 saturated heterocycles. The molecule has 0 aliphatic carbocycles. The summed E-state index contributed by atoms with van der Waals surface area (Å²) in [6.45, 7) is 8.51. The van der Waals surface area contributed by atoms with E-state index in [9.17, 15) is 9.59 Å². The molecule has 2 N–H and O–H groups in total. The predicted molar refractivity (Wildman–Crippen MR) is 117 cm³/mol. The average molecular weight is 434 g/mol. The Morgan fingerprint density at radius 1 is 1.07 bits per heavy atom. The van der Waals surface area contributed by atoms with Crippen molar-refractivity contribution in [2.24, 2.45) is 5.10 Å². The van der Waals surface area contributed by atoms with Gasteiger partial charge in [-0.25, -0.2) is 5.43 Å². The Morgan fingerprint density at radius 2 is 1.70 bits per heavy atom. The molecule has 0 atom stereocenters. The molecule has 9 heteroatoms. The molecule has 0 aliphatic heterocycles. The minimum atomic E-state index is -0.437. The molecule has 0 unspecified atom stereocenters. The lowest BCUT2D eigenvalue weighted by Crippen LogP contribution is -2.35. The Morgan fingerprint density at radius 3 is 2.23 bits per heavy atom. The van der Waals surface area contributed by atoms with Gasteiger partial charge in [0.15, 0.2) is 11.5 Å². The number of nitrogens with zero attached hydrogens (tertiary/aromatic N) is 1. The second kappa shape index (κ2) is 11.8. The van der Waals surface area contributed by atoms with Crippen LogP contribution in [0.25, 0.3) is 0 Å². The van der Waals surface area contributed by atoms with Crippen LogP contribution in [0.1, 0.15) is 41.6 Å². The average Bonchev–Trinajstić information content (AvgIpc) is 3.13. The number of amides is 2. The van der Waals surface area contributed by atoms with Crippen LogP contribution in [0.5, 0.6) is 17.2 Å². The van der Waals surface area contributed by atoms with Gasteiger partial charge in [-0.1, -0.05) is 0 Å². The molecule has 2 amide bonds. The monoisotopic (exact) mass is 433 g/mol. The lowest BCUT2D eigenvalue weighted by atomic mass is 10.1. The smallest absolute Gasteiger partial charge is 0.259 e. The summed E-state index contributed by atoms with van der Waals surface area (Å²) in [5.41, 5.74) is 3.78. The maximum absolute atomic E-state index is 12.6. The minimum Gasteiger partial charge on any atom is -0.490 e. The number of carbonyl (C=O) groups excluding carboxylic acids is 2. The first-order valence-electron chi connectivity index (χ1n) is 9.70. The first kappa shape index (κ1) is 23.2. The van der Waals surface area contributed by atoms with Crippen LogP contribution in [-0.2, 0) is 4.79 Å². The lowest BCUT2D eigenvalue weighted by Gasteiger charge is -2.17. The molecule has 0 saturated carbocycles. The first-order valence-corrected chi connectivity index (χ1v) is 10.6. The molecule has 0 fully saturated rings. The predicted octanol–water partition coefficient (Wildman–Crippen LogP) is 3.13. The van der Waals surface area contributed by atoms with Crippen LogP contribution in [-0.4, -0.2) is 44.4 Å². The van der Waals surface area contributed by atoms with E-state index in [0.717, 1.165) is 10.4 Å². The van der Waals surface area contributed by atoms with Gasteiger partial charge in [-0.3, -0.25) is 9.59 Å². The van der Waals surface area contributed by atoms with Crippen molar-refractivity contribution in [3.8, 4) is 17.2 Å². The zero-order chi connectivity index (χ0) is 21.9. The second-order valence-electron chi connectivity index (χ2n) is 6.04. The van der Waals surface area contributed by atoms with Crippen LogP contribution < -0.4 is 25.0 Å². The topological polar surface area (TPSA) is 98.2 Å². The highest BCUT2D eigenvalue weighted by Gasteiger charge is 2.18. The van der Waals surface area contributed by atoms with Gasteiger partial charge in [0.25, 0.3) is 11.8 Å². The van der Waals surface area contributed by atoms with E-state index in [-0.39, 0.29) is 6.54 Å². The van der Waals surface area contributed by atoms with E-state index in [1.807, 2.05) is 39.1 Å². The van der Waals surface area contributed by atoms with E-state index in [1.165, 1.54) is 11.3 Å². The van der Waals surface area contributed by atoms with Gasteiger partial charge >= 0.3 is 0 Å². The second-order valence-corrected chi connectivity index (χ2v) is 6.99. The summed E-state index contributed by atoms with van der Waals surface area (Å²) < 4.78 is 16.8. The molecule has 0 bridgehead atoms. The number of aryl methyl sites for hydroxylation is 1. The zero-order valence-corrected chi connectivity index (χ0v) is 18.4. The van der Waals surface area contributed by atoms with E-state index in [0.29, 0.717) is 42.6 Å². The van der Waals surface area contributed by atoms with Crippen molar-refractivity contribution >= 4 is 29.4 Å². The maximum Gasteiger partial charge on any atom is 0.259 e. The Bertz CT molecular complexity index is 868. The minimum absolute atomic E-state index is 0.221. The van der Waals surface area contributed by atoms with Crippen molar-refractivity contribution in [2.75, 3.05) is 26.4 Å². The maximum atomic E-state index is 12.6. The van der Waals surface area contributed by atoms with Gasteiger partial charge in [0.05, 0.1) is 32.6 Å². The molecular weight excluding hydrogens is 406 g/mol. The van der Waals surface area contributed by atoms with Gasteiger partial charge < -0.3 is 19.5 Å². The highest BCUT2D eigenvalue weighted by atomic mass is 32.1. The van der Waals surface area contributed by atoms with Gasteiger partial charge in [-0.15, -0.1) is 11.3 Å². The first-order chi connectivity index (χ1) is 14.5. The summed E-state index contributed by atoms with van der Waals surface area (Å²) >= 11 is 1.53. The van der Waals surface area contributed by atoms with Crippen molar-refractivity contribution in [3.05, 3.63) is 39.6 Å². The Balaban J connectivity index is 2.03. The van der Waals surface area contributed by atoms with E-state index in [2.05, 4.69) is 15.8 Å². The Hall–Kier alpha value is -3.07. The van der Waals surface area contributed by atoms with E-state index in [1.54, 1.807) is 18.3 Å². The van der Waals surface area contributed by atoms with E-state index < -0.39 is 11.8 Å². The number of thiophene rings is 1. The number of carbonyl (C=O) groups is 2. The van der Waals surface area contributed by atoms with Gasteiger partial charge in [0.2, 0.25) is 5.75 Å². The SMILES string of the molecule is CCOc1cc(C(=O)NCC(=O)NN=Cc2sccc2C)cc(OCC)c1OCC. The molecule has 30 heavy (non-hydrogen) atoms. The van der Waals surface area contributed by atoms with Crippen LogP contribution in [0.4, 0.5) is 0 Å². The molecule has 1 heterocycles. The standard InChI is InChI=1S/C21H27N3O5S/c1-5-27-16-10-15(11-17(28-6-2)20(16)29-7-3)21(26)22-13-19(25)24-23-12-18-14(4)8-9-30-18/h8-12H,5-7,13H2,1-4H3,(H,22,26)(H,24,25). The van der Waals surface area contributed by atoms with Crippen LogP contribution in [0.2, 0.25) is 0 Å². The Kier molecular flexibility index (Phi) is 9.14. The fraction of sp³-hybridized carbons (Fsp3) is 0.381. The summed E-state index contributed by atoms with van der Waals surface area (Å²) in [6.07, 6.45) is 1.58. The zero-order valence-electron chi connectivity index (χ0n) is 17.6. The summed E-state index contributed by atoms with van der Waals surface area (Å²) in [7, 11) is 0. The number of ether oxygens (including phenoxy) is 3. The fourth-order valence-corrected chi connectivity index (χ4v) is 3.29. The van der Waals surface area contributed by atoms with Gasteiger partial charge in [-0.05, 0) is 56.8 Å². The molecule has 2 rings (SSSR count). The highest BCUT2D eigenvalue weighted by molar-refractivity contribution is 7.11. The highest BCUT2D eigenvalue weighted by Crippen LogP contribution is 2.39.